The Kier molecular flexibility index (Phi) is 4.27. The van der Waals surface area contributed by atoms with Crippen molar-refractivity contribution < 1.29 is 14.3 Å². The van der Waals surface area contributed by atoms with Gasteiger partial charge in [-0.3, -0.25) is 4.68 Å². The van der Waals surface area contributed by atoms with E-state index in [-0.39, 0.29) is 0 Å². The van der Waals surface area contributed by atoms with Crippen LogP contribution >= 0.6 is 0 Å². The average Bonchev–Trinajstić information content (AvgIpc) is 2.65. The normalized spacial score (nSPS) is 13.4. The SMILES string of the molecule is CC(C)c1cnn(C(C=O)C(=O)OC(C)(C)C)c1. The highest BCUT2D eigenvalue weighted by atomic mass is 16.6. The van der Waals surface area contributed by atoms with E-state index < -0.39 is 17.6 Å². The van der Waals surface area contributed by atoms with E-state index in [9.17, 15) is 9.59 Å². The van der Waals surface area contributed by atoms with Crippen LogP contribution in [0.25, 0.3) is 0 Å². The van der Waals surface area contributed by atoms with Gasteiger partial charge in [0.15, 0.2) is 6.29 Å². The van der Waals surface area contributed by atoms with E-state index >= 15 is 0 Å². The lowest BCUT2D eigenvalue weighted by molar-refractivity contribution is -0.159. The second-order valence-corrected chi connectivity index (χ2v) is 5.52. The van der Waals surface area contributed by atoms with Crippen molar-refractivity contribution in [2.75, 3.05) is 0 Å². The van der Waals surface area contributed by atoms with Crippen molar-refractivity contribution in [3.8, 4) is 0 Å². The summed E-state index contributed by atoms with van der Waals surface area (Å²) in [6, 6.07) is -1.02. The number of aromatic nitrogens is 2. The van der Waals surface area contributed by atoms with Gasteiger partial charge in [0.05, 0.1) is 6.20 Å². The summed E-state index contributed by atoms with van der Waals surface area (Å²) in [5.74, 6) is -0.291. The molecule has 5 nitrogen and oxygen atoms in total. The van der Waals surface area contributed by atoms with Gasteiger partial charge >= 0.3 is 5.97 Å². The Bertz CT molecular complexity index is 430. The lowest BCUT2D eigenvalue weighted by Gasteiger charge is -2.21. The largest absolute Gasteiger partial charge is 0.458 e. The molecule has 0 spiro atoms. The van der Waals surface area contributed by atoms with Crippen LogP contribution in [0.15, 0.2) is 12.4 Å². The molecule has 0 saturated heterocycles. The zero-order valence-corrected chi connectivity index (χ0v) is 11.5. The minimum Gasteiger partial charge on any atom is -0.458 e. The highest BCUT2D eigenvalue weighted by Gasteiger charge is 2.27. The Morgan fingerprint density at radius 3 is 2.44 bits per heavy atom. The molecule has 18 heavy (non-hydrogen) atoms. The third-order valence-corrected chi connectivity index (χ3v) is 2.35. The minimum absolute atomic E-state index is 0.296. The topological polar surface area (TPSA) is 61.2 Å². The summed E-state index contributed by atoms with van der Waals surface area (Å²) in [5.41, 5.74) is 0.359. The van der Waals surface area contributed by atoms with E-state index in [2.05, 4.69) is 5.10 Å². The molecule has 0 aliphatic carbocycles. The monoisotopic (exact) mass is 252 g/mol. The Labute approximate surface area is 107 Å². The summed E-state index contributed by atoms with van der Waals surface area (Å²) in [4.78, 5) is 22.9. The lowest BCUT2D eigenvalue weighted by atomic mass is 10.1. The predicted octanol–water partition coefficient (Wildman–Crippen LogP) is 2.09. The molecule has 0 bridgehead atoms. The molecule has 1 heterocycles. The van der Waals surface area contributed by atoms with Gasteiger partial charge in [-0.15, -0.1) is 0 Å². The van der Waals surface area contributed by atoms with E-state index in [1.54, 1.807) is 33.2 Å². The maximum absolute atomic E-state index is 11.9. The molecule has 0 aromatic carbocycles. The zero-order chi connectivity index (χ0) is 13.9. The van der Waals surface area contributed by atoms with Gasteiger partial charge < -0.3 is 9.53 Å². The number of nitrogens with zero attached hydrogens (tertiary/aromatic N) is 2. The minimum atomic E-state index is -1.02. The Morgan fingerprint density at radius 1 is 1.44 bits per heavy atom. The van der Waals surface area contributed by atoms with Gasteiger partial charge in [-0.05, 0) is 32.3 Å². The fourth-order valence-corrected chi connectivity index (χ4v) is 1.39. The van der Waals surface area contributed by atoms with Crippen LogP contribution in [0.3, 0.4) is 0 Å². The van der Waals surface area contributed by atoms with Crippen LogP contribution in [0.4, 0.5) is 0 Å². The number of aldehydes is 1. The lowest BCUT2D eigenvalue weighted by Crippen LogP contribution is -2.31. The molecule has 1 atom stereocenters. The van der Waals surface area contributed by atoms with Crippen molar-refractivity contribution in [1.29, 1.82) is 0 Å². The number of esters is 1. The highest BCUT2D eigenvalue weighted by Crippen LogP contribution is 2.17. The van der Waals surface area contributed by atoms with Crippen molar-refractivity contribution in [2.24, 2.45) is 0 Å². The van der Waals surface area contributed by atoms with Gasteiger partial charge in [-0.2, -0.15) is 5.10 Å². The second kappa shape index (κ2) is 5.33. The molecule has 1 rings (SSSR count). The number of hydrogen-bond donors (Lipinski definition) is 0. The van der Waals surface area contributed by atoms with Crippen molar-refractivity contribution in [1.82, 2.24) is 9.78 Å². The smallest absolute Gasteiger partial charge is 0.338 e. The molecule has 0 aliphatic heterocycles. The van der Waals surface area contributed by atoms with Gasteiger partial charge in [0.2, 0.25) is 6.04 Å². The molecule has 0 saturated carbocycles. The molecule has 100 valence electrons. The summed E-state index contributed by atoms with van der Waals surface area (Å²) >= 11 is 0. The maximum Gasteiger partial charge on any atom is 0.338 e. The van der Waals surface area contributed by atoms with Gasteiger partial charge in [0, 0.05) is 6.20 Å². The standard InChI is InChI=1S/C13H20N2O3/c1-9(2)10-6-14-15(7-10)11(8-16)12(17)18-13(3,4)5/h6-9,11H,1-5H3. The molecule has 0 radical (unpaired) electrons. The highest BCUT2D eigenvalue weighted by molar-refractivity contribution is 5.90. The van der Waals surface area contributed by atoms with Crippen LogP contribution < -0.4 is 0 Å². The summed E-state index contributed by atoms with van der Waals surface area (Å²) in [5, 5.41) is 4.04. The van der Waals surface area contributed by atoms with Crippen LogP contribution in [0, 0.1) is 0 Å². The molecule has 0 aliphatic rings. The molecule has 0 amide bonds. The van der Waals surface area contributed by atoms with E-state index in [1.165, 1.54) is 4.68 Å². The van der Waals surface area contributed by atoms with Crippen LogP contribution in [-0.2, 0) is 14.3 Å². The zero-order valence-electron chi connectivity index (χ0n) is 11.5. The number of carbonyl (C=O) groups is 2. The summed E-state index contributed by atoms with van der Waals surface area (Å²) in [7, 11) is 0. The molecule has 1 aromatic heterocycles. The molecular weight excluding hydrogens is 232 g/mol. The van der Waals surface area contributed by atoms with Crippen LogP contribution in [-0.4, -0.2) is 27.6 Å². The molecule has 1 aromatic rings. The molecule has 5 heteroatoms. The van der Waals surface area contributed by atoms with Gasteiger partial charge in [-0.1, -0.05) is 13.8 Å². The Morgan fingerprint density at radius 2 is 2.06 bits per heavy atom. The molecule has 0 fully saturated rings. The molecule has 1 unspecified atom stereocenters. The van der Waals surface area contributed by atoms with Crippen molar-refractivity contribution in [3.63, 3.8) is 0 Å². The van der Waals surface area contributed by atoms with Gasteiger partial charge in [-0.25, -0.2) is 4.79 Å². The van der Waals surface area contributed by atoms with Crippen molar-refractivity contribution >= 4 is 12.3 Å². The van der Waals surface area contributed by atoms with E-state index in [0.717, 1.165) is 5.56 Å². The third-order valence-electron chi connectivity index (χ3n) is 2.35. The van der Waals surface area contributed by atoms with Crippen LogP contribution in [0.5, 0.6) is 0 Å². The van der Waals surface area contributed by atoms with Gasteiger partial charge in [0.25, 0.3) is 0 Å². The third kappa shape index (κ3) is 3.68. The number of carbonyl (C=O) groups excluding carboxylic acids is 2. The second-order valence-electron chi connectivity index (χ2n) is 5.52. The van der Waals surface area contributed by atoms with E-state index in [0.29, 0.717) is 12.2 Å². The summed E-state index contributed by atoms with van der Waals surface area (Å²) in [6.45, 7) is 9.32. The fraction of sp³-hybridized carbons (Fsp3) is 0.615. The Balaban J connectivity index is 2.88. The molecular formula is C13H20N2O3. The Hall–Kier alpha value is -1.65. The van der Waals surface area contributed by atoms with Gasteiger partial charge in [0.1, 0.15) is 5.60 Å². The van der Waals surface area contributed by atoms with E-state index in [4.69, 9.17) is 4.74 Å². The first-order valence-corrected chi connectivity index (χ1v) is 5.97. The predicted molar refractivity (Wildman–Crippen MR) is 67.3 cm³/mol. The molecule has 0 N–H and O–H groups in total. The first-order chi connectivity index (χ1) is 8.24. The summed E-state index contributed by atoms with van der Waals surface area (Å²) in [6.07, 6.45) is 3.91. The number of hydrogen-bond acceptors (Lipinski definition) is 4. The first-order valence-electron chi connectivity index (χ1n) is 5.97. The number of rotatable bonds is 4. The maximum atomic E-state index is 11.9. The summed E-state index contributed by atoms with van der Waals surface area (Å²) < 4.78 is 6.53. The number of ether oxygens (including phenoxy) is 1. The van der Waals surface area contributed by atoms with E-state index in [1.807, 2.05) is 13.8 Å². The fourth-order valence-electron chi connectivity index (χ4n) is 1.39. The van der Waals surface area contributed by atoms with Crippen LogP contribution in [0.1, 0.15) is 52.1 Å². The van der Waals surface area contributed by atoms with Crippen LogP contribution in [0.2, 0.25) is 0 Å². The quantitative estimate of drug-likeness (QED) is 0.467. The first kappa shape index (κ1) is 14.4. The van der Waals surface area contributed by atoms with Crippen molar-refractivity contribution in [3.05, 3.63) is 18.0 Å². The average molecular weight is 252 g/mol. The van der Waals surface area contributed by atoms with Crippen molar-refractivity contribution in [2.45, 2.75) is 52.2 Å².